The molecule has 0 saturated heterocycles. The maximum Gasteiger partial charge on any atom is 0.244 e. The quantitative estimate of drug-likeness (QED) is 0.928. The lowest BCUT2D eigenvalue weighted by Gasteiger charge is -2.26. The zero-order valence-electron chi connectivity index (χ0n) is 12.0. The molecule has 0 saturated carbocycles. The van der Waals surface area contributed by atoms with Crippen LogP contribution in [-0.2, 0) is 4.79 Å². The first kappa shape index (κ1) is 15.2. The van der Waals surface area contributed by atoms with Crippen LogP contribution in [0.25, 0.3) is 0 Å². The Morgan fingerprint density at radius 1 is 1.50 bits per heavy atom. The summed E-state index contributed by atoms with van der Waals surface area (Å²) in [7, 11) is 0. The van der Waals surface area contributed by atoms with Crippen molar-refractivity contribution < 1.29 is 4.79 Å². The molecule has 0 radical (unpaired) electrons. The Kier molecular flexibility index (Phi) is 4.59. The molecule has 0 fully saturated rings. The van der Waals surface area contributed by atoms with Crippen molar-refractivity contribution >= 4 is 21.8 Å². The highest BCUT2D eigenvalue weighted by Gasteiger charge is 2.25. The number of nitrogens with one attached hydrogen (secondary N) is 1. The van der Waals surface area contributed by atoms with E-state index in [4.69, 9.17) is 0 Å². The Bertz CT molecular complexity index is 451. The molecule has 1 aromatic rings. The van der Waals surface area contributed by atoms with Crippen molar-refractivity contribution in [3.8, 4) is 0 Å². The van der Waals surface area contributed by atoms with Crippen molar-refractivity contribution in [2.45, 2.75) is 59.5 Å². The van der Waals surface area contributed by atoms with Crippen LogP contribution in [0.15, 0.2) is 4.47 Å². The number of hydrogen-bond donors (Lipinski definition) is 1. The lowest BCUT2D eigenvalue weighted by atomic mass is 10.0. The van der Waals surface area contributed by atoms with Gasteiger partial charge < -0.3 is 5.32 Å². The largest absolute Gasteiger partial charge is 0.349 e. The molecule has 0 aliphatic heterocycles. The first-order valence-electron chi connectivity index (χ1n) is 6.23. The minimum Gasteiger partial charge on any atom is -0.349 e. The topological polar surface area (TPSA) is 46.9 Å². The van der Waals surface area contributed by atoms with Gasteiger partial charge in [0.25, 0.3) is 0 Å². The highest BCUT2D eigenvalue weighted by molar-refractivity contribution is 9.10. The molecule has 0 aromatic carbocycles. The second-order valence-electron chi connectivity index (χ2n) is 5.33. The number of carbonyl (C=O) groups is 1. The van der Waals surface area contributed by atoms with Crippen molar-refractivity contribution in [2.24, 2.45) is 0 Å². The molecule has 18 heavy (non-hydrogen) atoms. The van der Waals surface area contributed by atoms with Gasteiger partial charge in [-0.2, -0.15) is 5.10 Å². The molecular weight excluding hydrogens is 294 g/mol. The number of halogens is 1. The van der Waals surface area contributed by atoms with E-state index in [1.165, 1.54) is 0 Å². The average molecular weight is 316 g/mol. The second kappa shape index (κ2) is 5.43. The summed E-state index contributed by atoms with van der Waals surface area (Å²) in [6.45, 7) is 11.9. The molecule has 1 amide bonds. The number of amides is 1. The predicted molar refractivity (Wildman–Crippen MR) is 76.6 cm³/mol. The minimum absolute atomic E-state index is 0.0000463. The molecular formula is C13H22BrN3O. The zero-order valence-corrected chi connectivity index (χ0v) is 13.6. The Balaban J connectivity index is 2.90. The molecule has 0 aliphatic rings. The standard InChI is InChI=1S/C13H22BrN3O/c1-7-13(5,6)15-12(18)10(4)17-9(3)11(14)8(2)16-17/h10H,7H2,1-6H3,(H,15,18). The molecule has 0 aliphatic carbocycles. The molecule has 1 heterocycles. The van der Waals surface area contributed by atoms with E-state index in [1.54, 1.807) is 4.68 Å². The zero-order chi connectivity index (χ0) is 14.1. The van der Waals surface area contributed by atoms with E-state index in [0.29, 0.717) is 0 Å². The fourth-order valence-electron chi connectivity index (χ4n) is 1.66. The summed E-state index contributed by atoms with van der Waals surface area (Å²) >= 11 is 3.48. The van der Waals surface area contributed by atoms with Gasteiger partial charge in [0, 0.05) is 5.54 Å². The minimum atomic E-state index is -0.305. The van der Waals surface area contributed by atoms with Gasteiger partial charge in [-0.25, -0.2) is 0 Å². The molecule has 0 spiro atoms. The molecule has 1 rings (SSSR count). The van der Waals surface area contributed by atoms with Gasteiger partial charge in [-0.15, -0.1) is 0 Å². The van der Waals surface area contributed by atoms with E-state index in [2.05, 4.69) is 33.3 Å². The Labute approximate surface area is 117 Å². The summed E-state index contributed by atoms with van der Waals surface area (Å²) in [5, 5.41) is 7.44. The van der Waals surface area contributed by atoms with Gasteiger partial charge >= 0.3 is 0 Å². The lowest BCUT2D eigenvalue weighted by molar-refractivity contribution is -0.125. The van der Waals surface area contributed by atoms with E-state index in [0.717, 1.165) is 22.3 Å². The first-order valence-corrected chi connectivity index (χ1v) is 7.02. The summed E-state index contributed by atoms with van der Waals surface area (Å²) in [5.41, 5.74) is 1.70. The third-order valence-electron chi connectivity index (χ3n) is 3.33. The third-order valence-corrected chi connectivity index (χ3v) is 4.48. The van der Waals surface area contributed by atoms with Gasteiger partial charge in [0.15, 0.2) is 0 Å². The summed E-state index contributed by atoms with van der Waals surface area (Å²) < 4.78 is 2.73. The molecule has 1 atom stereocenters. The van der Waals surface area contributed by atoms with Crippen LogP contribution in [0.1, 0.15) is 51.5 Å². The normalized spacial score (nSPS) is 13.5. The molecule has 102 valence electrons. The van der Waals surface area contributed by atoms with Crippen molar-refractivity contribution in [3.05, 3.63) is 15.9 Å². The van der Waals surface area contributed by atoms with Crippen molar-refractivity contribution in [1.82, 2.24) is 15.1 Å². The van der Waals surface area contributed by atoms with E-state index in [9.17, 15) is 4.79 Å². The molecule has 0 bridgehead atoms. The van der Waals surface area contributed by atoms with E-state index in [1.807, 2.05) is 34.6 Å². The fraction of sp³-hybridized carbons (Fsp3) is 0.692. The summed E-state index contributed by atoms with van der Waals surface area (Å²) in [6.07, 6.45) is 0.895. The summed E-state index contributed by atoms with van der Waals surface area (Å²) in [6, 6.07) is -0.305. The number of aromatic nitrogens is 2. The predicted octanol–water partition coefficient (Wildman–Crippen LogP) is 3.13. The molecule has 1 aromatic heterocycles. The molecule has 4 nitrogen and oxygen atoms in total. The van der Waals surface area contributed by atoms with E-state index < -0.39 is 0 Å². The molecule has 5 heteroatoms. The molecule has 1 N–H and O–H groups in total. The Morgan fingerprint density at radius 3 is 2.44 bits per heavy atom. The van der Waals surface area contributed by atoms with Crippen LogP contribution >= 0.6 is 15.9 Å². The van der Waals surface area contributed by atoms with Gasteiger partial charge in [0.05, 0.1) is 15.9 Å². The summed E-state index contributed by atoms with van der Waals surface area (Å²) in [4.78, 5) is 12.2. The highest BCUT2D eigenvalue weighted by atomic mass is 79.9. The number of aryl methyl sites for hydroxylation is 1. The number of nitrogens with zero attached hydrogens (tertiary/aromatic N) is 2. The Hall–Kier alpha value is -0.840. The number of rotatable bonds is 4. The second-order valence-corrected chi connectivity index (χ2v) is 6.13. The SMILES string of the molecule is CCC(C)(C)NC(=O)C(C)n1nc(C)c(Br)c1C. The van der Waals surface area contributed by atoms with Crippen LogP contribution in [0.3, 0.4) is 0 Å². The van der Waals surface area contributed by atoms with Crippen LogP contribution in [0.5, 0.6) is 0 Å². The van der Waals surface area contributed by atoms with E-state index in [-0.39, 0.29) is 17.5 Å². The maximum absolute atomic E-state index is 12.2. The van der Waals surface area contributed by atoms with E-state index >= 15 is 0 Å². The Morgan fingerprint density at radius 2 is 2.06 bits per heavy atom. The van der Waals surface area contributed by atoms with Crippen LogP contribution in [-0.4, -0.2) is 21.2 Å². The van der Waals surface area contributed by atoms with Crippen molar-refractivity contribution in [2.75, 3.05) is 0 Å². The van der Waals surface area contributed by atoms with Gasteiger partial charge in [0.1, 0.15) is 6.04 Å². The van der Waals surface area contributed by atoms with Gasteiger partial charge in [-0.05, 0) is 57.0 Å². The van der Waals surface area contributed by atoms with Crippen LogP contribution < -0.4 is 5.32 Å². The summed E-state index contributed by atoms with van der Waals surface area (Å²) in [5.74, 6) is -0.0000463. The number of carbonyl (C=O) groups excluding carboxylic acids is 1. The fourth-order valence-corrected chi connectivity index (χ4v) is 1.92. The third kappa shape index (κ3) is 3.13. The smallest absolute Gasteiger partial charge is 0.244 e. The highest BCUT2D eigenvalue weighted by Crippen LogP contribution is 2.23. The maximum atomic E-state index is 12.2. The average Bonchev–Trinajstić information content (AvgIpc) is 2.55. The lowest BCUT2D eigenvalue weighted by Crippen LogP contribution is -2.45. The van der Waals surface area contributed by atoms with Crippen LogP contribution in [0.2, 0.25) is 0 Å². The number of hydrogen-bond acceptors (Lipinski definition) is 2. The van der Waals surface area contributed by atoms with Gasteiger partial charge in [0.2, 0.25) is 5.91 Å². The van der Waals surface area contributed by atoms with Gasteiger partial charge in [-0.3, -0.25) is 9.48 Å². The van der Waals surface area contributed by atoms with Crippen LogP contribution in [0, 0.1) is 13.8 Å². The van der Waals surface area contributed by atoms with Gasteiger partial charge in [-0.1, -0.05) is 6.92 Å². The van der Waals surface area contributed by atoms with Crippen LogP contribution in [0.4, 0.5) is 0 Å². The van der Waals surface area contributed by atoms with Crippen molar-refractivity contribution in [1.29, 1.82) is 0 Å². The first-order chi connectivity index (χ1) is 8.19. The van der Waals surface area contributed by atoms with Crippen molar-refractivity contribution in [3.63, 3.8) is 0 Å². The molecule has 1 unspecified atom stereocenters. The monoisotopic (exact) mass is 315 g/mol.